The Labute approximate surface area is 203 Å². The lowest BCUT2D eigenvalue weighted by molar-refractivity contribution is -0.116. The fourth-order valence-corrected chi connectivity index (χ4v) is 3.52. The third kappa shape index (κ3) is 5.93. The average molecular weight is 461 g/mol. The Morgan fingerprint density at radius 3 is 2.03 bits per heavy atom. The van der Waals surface area contributed by atoms with E-state index in [9.17, 15) is 9.59 Å². The van der Waals surface area contributed by atoms with Crippen LogP contribution < -0.4 is 5.32 Å². The van der Waals surface area contributed by atoms with Crippen LogP contribution in [0.15, 0.2) is 54.6 Å². The average Bonchev–Trinajstić information content (AvgIpc) is 3.17. The molecule has 6 heteroatoms. The molecule has 0 aliphatic heterocycles. The van der Waals surface area contributed by atoms with E-state index < -0.39 is 0 Å². The largest absolute Gasteiger partial charge is 0.332 e. The first kappa shape index (κ1) is 25.2. The molecule has 0 aliphatic carbocycles. The van der Waals surface area contributed by atoms with Gasteiger partial charge in [-0.05, 0) is 42.2 Å². The number of hydrogen-bond donors (Lipinski definition) is 1. The highest BCUT2D eigenvalue weighted by molar-refractivity contribution is 5.99. The van der Waals surface area contributed by atoms with Crippen LogP contribution in [0.2, 0.25) is 0 Å². The number of amides is 2. The van der Waals surface area contributed by atoms with Crippen LogP contribution in [0.4, 0.5) is 5.82 Å². The smallest absolute Gasteiger partial charge is 0.254 e. The van der Waals surface area contributed by atoms with Gasteiger partial charge in [0.2, 0.25) is 5.91 Å². The van der Waals surface area contributed by atoms with Crippen molar-refractivity contribution in [3.63, 3.8) is 0 Å². The van der Waals surface area contributed by atoms with Gasteiger partial charge >= 0.3 is 0 Å². The summed E-state index contributed by atoms with van der Waals surface area (Å²) in [6, 6.07) is 17.4. The molecule has 2 amide bonds. The first-order valence-corrected chi connectivity index (χ1v) is 11.6. The molecule has 1 aromatic heterocycles. The minimum absolute atomic E-state index is 0.0136. The zero-order chi connectivity index (χ0) is 25.3. The van der Waals surface area contributed by atoms with Crippen LogP contribution >= 0.6 is 0 Å². The quantitative estimate of drug-likeness (QED) is 0.548. The van der Waals surface area contributed by atoms with E-state index >= 15 is 0 Å². The molecular formula is C28H36N4O2. The lowest BCUT2D eigenvalue weighted by Crippen LogP contribution is -2.35. The second-order valence-electron chi connectivity index (χ2n) is 10.9. The van der Waals surface area contributed by atoms with E-state index in [-0.39, 0.29) is 29.2 Å². The molecule has 0 fully saturated rings. The third-order valence-electron chi connectivity index (χ3n) is 5.75. The molecule has 6 nitrogen and oxygen atoms in total. The molecule has 1 heterocycles. The summed E-state index contributed by atoms with van der Waals surface area (Å²) in [5.74, 6) is 0.100. The van der Waals surface area contributed by atoms with Crippen molar-refractivity contribution in [2.24, 2.45) is 0 Å². The summed E-state index contributed by atoms with van der Waals surface area (Å²) in [5, 5.41) is 7.70. The number of carbonyl (C=O) groups excluding carboxylic acids is 2. The van der Waals surface area contributed by atoms with E-state index in [1.54, 1.807) is 11.7 Å². The van der Waals surface area contributed by atoms with Crippen molar-refractivity contribution < 1.29 is 9.59 Å². The van der Waals surface area contributed by atoms with E-state index in [0.29, 0.717) is 11.4 Å². The summed E-state index contributed by atoms with van der Waals surface area (Å²) < 4.78 is 1.74. The molecule has 180 valence electrons. The molecule has 0 bridgehead atoms. The summed E-state index contributed by atoms with van der Waals surface area (Å²) in [5.41, 5.74) is 4.42. The van der Waals surface area contributed by atoms with Gasteiger partial charge in [0.15, 0.2) is 0 Å². The molecule has 0 aliphatic rings. The van der Waals surface area contributed by atoms with Crippen LogP contribution in [0.3, 0.4) is 0 Å². The Morgan fingerprint density at radius 1 is 0.912 bits per heavy atom. The Kier molecular flexibility index (Phi) is 7.01. The maximum absolute atomic E-state index is 12.9. The van der Waals surface area contributed by atoms with Gasteiger partial charge in [-0.25, -0.2) is 4.68 Å². The highest BCUT2D eigenvalue weighted by Gasteiger charge is 2.23. The lowest BCUT2D eigenvalue weighted by atomic mass is 9.86. The summed E-state index contributed by atoms with van der Waals surface area (Å²) in [6.45, 7) is 14.6. The summed E-state index contributed by atoms with van der Waals surface area (Å²) in [7, 11) is 1.64. The molecule has 0 saturated carbocycles. The maximum atomic E-state index is 12.9. The topological polar surface area (TPSA) is 67.2 Å². The van der Waals surface area contributed by atoms with Crippen molar-refractivity contribution >= 4 is 17.6 Å². The molecule has 0 saturated heterocycles. The maximum Gasteiger partial charge on any atom is 0.254 e. The number of benzene rings is 2. The number of nitrogens with zero attached hydrogens (tertiary/aromatic N) is 3. The van der Waals surface area contributed by atoms with E-state index in [0.717, 1.165) is 22.5 Å². The minimum atomic E-state index is -0.282. The Morgan fingerprint density at radius 2 is 1.50 bits per heavy atom. The standard InChI is InChI=1S/C28H36N4O2/c1-19-9-15-22(16-10-19)32-24(17-23(30-32)28(5,6)7)29-25(33)18-31(8)26(34)20-11-13-21(14-12-20)27(2,3)4/h9-17H,18H2,1-8H3,(H,29,33). The monoisotopic (exact) mass is 460 g/mol. The van der Waals surface area contributed by atoms with Crippen LogP contribution in [0.25, 0.3) is 5.69 Å². The zero-order valence-corrected chi connectivity index (χ0v) is 21.6. The van der Waals surface area contributed by atoms with Crippen LogP contribution in [-0.4, -0.2) is 40.1 Å². The van der Waals surface area contributed by atoms with Crippen molar-refractivity contribution in [1.82, 2.24) is 14.7 Å². The zero-order valence-electron chi connectivity index (χ0n) is 21.6. The molecule has 3 rings (SSSR count). The van der Waals surface area contributed by atoms with Gasteiger partial charge in [0, 0.05) is 24.1 Å². The molecule has 34 heavy (non-hydrogen) atoms. The van der Waals surface area contributed by atoms with Gasteiger partial charge in [0.25, 0.3) is 5.91 Å². The van der Waals surface area contributed by atoms with Crippen molar-refractivity contribution in [2.75, 3.05) is 18.9 Å². The van der Waals surface area contributed by atoms with E-state index in [4.69, 9.17) is 5.10 Å². The number of aryl methyl sites for hydroxylation is 1. The number of likely N-dealkylation sites (N-methyl/N-ethyl adjacent to an activating group) is 1. The van der Waals surface area contributed by atoms with Gasteiger partial charge in [0.1, 0.15) is 5.82 Å². The number of carbonyl (C=O) groups is 2. The molecular weight excluding hydrogens is 424 g/mol. The van der Waals surface area contributed by atoms with Gasteiger partial charge in [-0.2, -0.15) is 5.10 Å². The summed E-state index contributed by atoms with van der Waals surface area (Å²) in [4.78, 5) is 27.2. The highest BCUT2D eigenvalue weighted by Crippen LogP contribution is 2.27. The number of rotatable bonds is 5. The van der Waals surface area contributed by atoms with Crippen LogP contribution in [-0.2, 0) is 15.6 Å². The van der Waals surface area contributed by atoms with Crippen LogP contribution in [0.5, 0.6) is 0 Å². The van der Waals surface area contributed by atoms with Gasteiger partial charge < -0.3 is 10.2 Å². The van der Waals surface area contributed by atoms with Crippen LogP contribution in [0, 0.1) is 6.92 Å². The molecule has 3 aromatic rings. The Hall–Kier alpha value is -3.41. The summed E-state index contributed by atoms with van der Waals surface area (Å²) >= 11 is 0. The van der Waals surface area contributed by atoms with Crippen molar-refractivity contribution in [3.8, 4) is 5.69 Å². The highest BCUT2D eigenvalue weighted by atomic mass is 16.2. The Bertz CT molecular complexity index is 1160. The van der Waals surface area contributed by atoms with Crippen molar-refractivity contribution in [1.29, 1.82) is 0 Å². The van der Waals surface area contributed by atoms with E-state index in [2.05, 4.69) is 46.9 Å². The second kappa shape index (κ2) is 9.45. The van der Waals surface area contributed by atoms with Crippen LogP contribution in [0.1, 0.15) is 68.7 Å². The third-order valence-corrected chi connectivity index (χ3v) is 5.75. The van der Waals surface area contributed by atoms with Gasteiger partial charge in [-0.1, -0.05) is 71.4 Å². The molecule has 0 radical (unpaired) electrons. The van der Waals surface area contributed by atoms with Crippen molar-refractivity contribution in [2.45, 2.75) is 59.3 Å². The predicted octanol–water partition coefficient (Wildman–Crippen LogP) is 5.49. The molecule has 0 spiro atoms. The predicted molar refractivity (Wildman–Crippen MR) is 138 cm³/mol. The number of nitrogens with one attached hydrogen (secondary N) is 1. The molecule has 2 aromatic carbocycles. The van der Waals surface area contributed by atoms with E-state index in [1.807, 2.05) is 61.5 Å². The van der Waals surface area contributed by atoms with Gasteiger partial charge in [-0.3, -0.25) is 9.59 Å². The normalized spacial score (nSPS) is 11.9. The lowest BCUT2D eigenvalue weighted by Gasteiger charge is -2.20. The fourth-order valence-electron chi connectivity index (χ4n) is 3.52. The SMILES string of the molecule is Cc1ccc(-n2nc(C(C)(C)C)cc2NC(=O)CN(C)C(=O)c2ccc(C(C)(C)C)cc2)cc1. The molecule has 1 N–H and O–H groups in total. The molecule has 0 unspecified atom stereocenters. The Balaban J connectivity index is 1.76. The minimum Gasteiger partial charge on any atom is -0.332 e. The van der Waals surface area contributed by atoms with E-state index in [1.165, 1.54) is 4.90 Å². The van der Waals surface area contributed by atoms with Gasteiger partial charge in [-0.15, -0.1) is 0 Å². The fraction of sp³-hybridized carbons (Fsp3) is 0.393. The first-order chi connectivity index (χ1) is 15.8. The molecule has 0 atom stereocenters. The number of aromatic nitrogens is 2. The number of anilines is 1. The number of hydrogen-bond acceptors (Lipinski definition) is 3. The summed E-state index contributed by atoms with van der Waals surface area (Å²) in [6.07, 6.45) is 0. The first-order valence-electron chi connectivity index (χ1n) is 11.6. The second-order valence-corrected chi connectivity index (χ2v) is 10.9. The van der Waals surface area contributed by atoms with Gasteiger partial charge in [0.05, 0.1) is 17.9 Å². The van der Waals surface area contributed by atoms with Crippen molar-refractivity contribution in [3.05, 3.63) is 77.0 Å².